The first-order valence-electron chi connectivity index (χ1n) is 11.0. The lowest BCUT2D eigenvalue weighted by Gasteiger charge is -2.20. The molecule has 0 bridgehead atoms. The number of carbonyl (C=O) groups excluding carboxylic acids is 1. The molecule has 0 aliphatic heterocycles. The monoisotopic (exact) mass is 530 g/mol. The SMILES string of the molecule is CC(C)(C)OC(=O)NCCNc1c2cc(Cl)ccc2nc2ccc(Nc3ccc(Cl)c(Cl)c3)cc12. The van der Waals surface area contributed by atoms with Gasteiger partial charge in [-0.1, -0.05) is 34.8 Å². The van der Waals surface area contributed by atoms with Gasteiger partial charge in [-0.25, -0.2) is 9.78 Å². The van der Waals surface area contributed by atoms with Crippen LogP contribution in [0.3, 0.4) is 0 Å². The van der Waals surface area contributed by atoms with Gasteiger partial charge in [0.1, 0.15) is 5.60 Å². The van der Waals surface area contributed by atoms with Crippen molar-refractivity contribution in [1.29, 1.82) is 0 Å². The summed E-state index contributed by atoms with van der Waals surface area (Å²) in [5.74, 6) is 0. The van der Waals surface area contributed by atoms with Crippen molar-refractivity contribution < 1.29 is 9.53 Å². The highest BCUT2D eigenvalue weighted by molar-refractivity contribution is 6.42. The summed E-state index contributed by atoms with van der Waals surface area (Å²) in [6.07, 6.45) is -0.458. The summed E-state index contributed by atoms with van der Waals surface area (Å²) in [6.45, 7) is 6.33. The van der Waals surface area contributed by atoms with Crippen molar-refractivity contribution in [3.8, 4) is 0 Å². The Kier molecular flexibility index (Phi) is 7.45. The number of nitrogens with zero attached hydrogens (tertiary/aromatic N) is 1. The van der Waals surface area contributed by atoms with E-state index >= 15 is 0 Å². The zero-order valence-corrected chi connectivity index (χ0v) is 21.8. The number of amides is 1. The first-order valence-corrected chi connectivity index (χ1v) is 12.2. The number of alkyl carbamates (subject to hydrolysis) is 1. The Hall–Kier alpha value is -2.93. The number of halogens is 3. The van der Waals surface area contributed by atoms with Crippen LogP contribution in [0.5, 0.6) is 0 Å². The van der Waals surface area contributed by atoms with E-state index in [9.17, 15) is 4.79 Å². The third-order valence-corrected chi connectivity index (χ3v) is 6.01. The largest absolute Gasteiger partial charge is 0.444 e. The van der Waals surface area contributed by atoms with Gasteiger partial charge in [0.05, 0.1) is 26.8 Å². The van der Waals surface area contributed by atoms with Crippen molar-refractivity contribution in [3.05, 3.63) is 69.7 Å². The highest BCUT2D eigenvalue weighted by atomic mass is 35.5. The number of carbonyl (C=O) groups is 1. The molecule has 0 saturated heterocycles. The number of nitrogens with one attached hydrogen (secondary N) is 3. The lowest BCUT2D eigenvalue weighted by Crippen LogP contribution is -2.35. The summed E-state index contributed by atoms with van der Waals surface area (Å²) in [7, 11) is 0. The van der Waals surface area contributed by atoms with E-state index < -0.39 is 11.7 Å². The number of ether oxygens (including phenoxy) is 1. The minimum absolute atomic E-state index is 0.377. The number of hydrogen-bond acceptors (Lipinski definition) is 5. The maximum absolute atomic E-state index is 12.0. The third kappa shape index (κ3) is 6.40. The molecule has 4 aromatic rings. The quantitative estimate of drug-likeness (QED) is 0.173. The van der Waals surface area contributed by atoms with Gasteiger partial charge in [0.15, 0.2) is 0 Å². The molecule has 0 saturated carbocycles. The van der Waals surface area contributed by atoms with Crippen molar-refractivity contribution in [2.45, 2.75) is 26.4 Å². The molecule has 0 fully saturated rings. The molecule has 0 aliphatic rings. The fourth-order valence-electron chi connectivity index (χ4n) is 3.59. The Labute approximate surface area is 218 Å². The summed E-state index contributed by atoms with van der Waals surface area (Å²) >= 11 is 18.5. The number of rotatable bonds is 6. The third-order valence-electron chi connectivity index (χ3n) is 5.04. The average molecular weight is 532 g/mol. The number of anilines is 3. The van der Waals surface area contributed by atoms with Crippen molar-refractivity contribution in [2.75, 3.05) is 23.7 Å². The van der Waals surface area contributed by atoms with Crippen LogP contribution in [0.2, 0.25) is 15.1 Å². The van der Waals surface area contributed by atoms with E-state index in [2.05, 4.69) is 16.0 Å². The van der Waals surface area contributed by atoms with E-state index in [1.54, 1.807) is 12.1 Å². The Morgan fingerprint density at radius 2 is 1.51 bits per heavy atom. The molecule has 0 radical (unpaired) electrons. The lowest BCUT2D eigenvalue weighted by molar-refractivity contribution is 0.0530. The van der Waals surface area contributed by atoms with Gasteiger partial charge in [0.25, 0.3) is 0 Å². The van der Waals surface area contributed by atoms with Gasteiger partial charge in [-0.15, -0.1) is 0 Å². The van der Waals surface area contributed by atoms with Gasteiger partial charge in [0, 0.05) is 40.3 Å². The molecule has 3 N–H and O–H groups in total. The van der Waals surface area contributed by atoms with Crippen LogP contribution in [0.15, 0.2) is 54.6 Å². The number of aromatic nitrogens is 1. The van der Waals surface area contributed by atoms with Gasteiger partial charge in [-0.2, -0.15) is 0 Å². The minimum atomic E-state index is -0.552. The fourth-order valence-corrected chi connectivity index (χ4v) is 4.06. The maximum atomic E-state index is 12.0. The molecule has 0 atom stereocenters. The van der Waals surface area contributed by atoms with Crippen LogP contribution in [-0.4, -0.2) is 29.8 Å². The predicted octanol–water partition coefficient (Wildman–Crippen LogP) is 8.03. The van der Waals surface area contributed by atoms with Gasteiger partial charge in [-0.3, -0.25) is 0 Å². The summed E-state index contributed by atoms with van der Waals surface area (Å²) in [4.78, 5) is 16.8. The molecule has 1 aromatic heterocycles. The molecule has 0 spiro atoms. The van der Waals surface area contributed by atoms with Crippen LogP contribution in [0.4, 0.5) is 21.9 Å². The van der Waals surface area contributed by atoms with Crippen molar-refractivity contribution in [1.82, 2.24) is 10.3 Å². The van der Waals surface area contributed by atoms with Crippen molar-refractivity contribution in [3.63, 3.8) is 0 Å². The maximum Gasteiger partial charge on any atom is 0.407 e. The average Bonchev–Trinajstić information content (AvgIpc) is 2.78. The van der Waals surface area contributed by atoms with E-state index in [-0.39, 0.29) is 0 Å². The van der Waals surface area contributed by atoms with Crippen LogP contribution in [0.25, 0.3) is 21.8 Å². The van der Waals surface area contributed by atoms with Crippen molar-refractivity contribution in [2.24, 2.45) is 0 Å². The van der Waals surface area contributed by atoms with E-state index in [0.717, 1.165) is 38.9 Å². The van der Waals surface area contributed by atoms with Crippen LogP contribution in [0, 0.1) is 0 Å². The molecule has 3 aromatic carbocycles. The normalized spacial score (nSPS) is 11.5. The van der Waals surface area contributed by atoms with E-state index in [0.29, 0.717) is 28.2 Å². The lowest BCUT2D eigenvalue weighted by atomic mass is 10.1. The second-order valence-corrected chi connectivity index (χ2v) is 10.2. The Morgan fingerprint density at radius 1 is 0.857 bits per heavy atom. The first kappa shape index (κ1) is 25.2. The van der Waals surface area contributed by atoms with Gasteiger partial charge < -0.3 is 20.7 Å². The highest BCUT2D eigenvalue weighted by Gasteiger charge is 2.16. The topological polar surface area (TPSA) is 75.3 Å². The first-order chi connectivity index (χ1) is 16.6. The molecular formula is C26H25Cl3N4O2. The molecule has 0 unspecified atom stereocenters. The van der Waals surface area contributed by atoms with Crippen molar-refractivity contribution >= 4 is 79.8 Å². The van der Waals surface area contributed by atoms with E-state index in [1.165, 1.54) is 0 Å². The summed E-state index contributed by atoms with van der Waals surface area (Å²) in [5, 5.41) is 12.9. The van der Waals surface area contributed by atoms with E-state index in [1.807, 2.05) is 63.2 Å². The zero-order valence-electron chi connectivity index (χ0n) is 19.5. The Morgan fingerprint density at radius 3 is 2.23 bits per heavy atom. The number of pyridine rings is 1. The zero-order chi connectivity index (χ0) is 25.2. The molecule has 0 aliphatic carbocycles. The molecule has 4 rings (SSSR count). The van der Waals surface area contributed by atoms with Gasteiger partial charge in [-0.05, 0) is 75.4 Å². The molecule has 35 heavy (non-hydrogen) atoms. The summed E-state index contributed by atoms with van der Waals surface area (Å²) in [6, 6.07) is 16.9. The number of fused-ring (bicyclic) bond motifs is 2. The van der Waals surface area contributed by atoms with Crippen LogP contribution < -0.4 is 16.0 Å². The molecule has 182 valence electrons. The Bertz CT molecular complexity index is 1400. The molecule has 9 heteroatoms. The fraction of sp³-hybridized carbons (Fsp3) is 0.231. The predicted molar refractivity (Wildman–Crippen MR) is 147 cm³/mol. The van der Waals surface area contributed by atoms with Gasteiger partial charge in [0.2, 0.25) is 0 Å². The smallest absolute Gasteiger partial charge is 0.407 e. The number of benzene rings is 3. The molecule has 6 nitrogen and oxygen atoms in total. The van der Waals surface area contributed by atoms with E-state index in [4.69, 9.17) is 44.5 Å². The Balaban J connectivity index is 1.63. The molecular weight excluding hydrogens is 507 g/mol. The minimum Gasteiger partial charge on any atom is -0.444 e. The highest BCUT2D eigenvalue weighted by Crippen LogP contribution is 2.35. The summed E-state index contributed by atoms with van der Waals surface area (Å²) < 4.78 is 5.30. The standard InChI is InChI=1S/C26H25Cl3N4O2/c1-26(2,3)35-25(34)31-11-10-30-24-18-12-15(27)4-8-22(18)33-23-9-6-16(13-19(23)24)32-17-5-7-20(28)21(29)14-17/h4-9,12-14,32H,10-11H2,1-3H3,(H,30,33)(H,31,34). The second-order valence-electron chi connectivity index (χ2n) is 8.99. The van der Waals surface area contributed by atoms with Gasteiger partial charge >= 0.3 is 6.09 Å². The number of hydrogen-bond donors (Lipinski definition) is 3. The molecule has 1 amide bonds. The van der Waals surface area contributed by atoms with Crippen LogP contribution >= 0.6 is 34.8 Å². The summed E-state index contributed by atoms with van der Waals surface area (Å²) in [5.41, 5.74) is 3.62. The van der Waals surface area contributed by atoms with Crippen LogP contribution in [0.1, 0.15) is 20.8 Å². The molecule has 1 heterocycles. The second kappa shape index (κ2) is 10.4. The van der Waals surface area contributed by atoms with Crippen LogP contribution in [-0.2, 0) is 4.74 Å².